The number of benzene rings is 1. The smallest absolute Gasteiger partial charge is 0.324 e. The Labute approximate surface area is 114 Å². The topological polar surface area (TPSA) is 51.8 Å². The average Bonchev–Trinajstić information content (AvgIpc) is 2.38. The lowest BCUT2D eigenvalue weighted by Crippen LogP contribution is -2.05. The minimum atomic E-state index is -4.35. The maximum atomic E-state index is 12.6. The first-order valence-corrected chi connectivity index (χ1v) is 5.19. The molecule has 0 aliphatic rings. The molecular weight excluding hydrogens is 279 g/mol. The summed E-state index contributed by atoms with van der Waals surface area (Å²) < 4.78 is 37.7. The molecule has 2 N–H and O–H groups in total. The minimum absolute atomic E-state index is 0. The standard InChI is InChI=1S/C12H10F3N3.ClH/c13-12(14,15)10-3-1-2-8(4-10)9-6-17-11(5-16)18-7-9;/h1-4,6-7H,5,16H2;1H. The molecule has 1 heterocycles. The Morgan fingerprint density at radius 1 is 1.05 bits per heavy atom. The lowest BCUT2D eigenvalue weighted by Gasteiger charge is -2.08. The van der Waals surface area contributed by atoms with Gasteiger partial charge in [0.05, 0.1) is 12.1 Å². The Balaban J connectivity index is 0.00000180. The van der Waals surface area contributed by atoms with Crippen LogP contribution in [0.4, 0.5) is 13.2 Å². The fraction of sp³-hybridized carbons (Fsp3) is 0.167. The first-order valence-electron chi connectivity index (χ1n) is 5.19. The van der Waals surface area contributed by atoms with Gasteiger partial charge in [0.2, 0.25) is 0 Å². The van der Waals surface area contributed by atoms with Crippen molar-refractivity contribution in [1.29, 1.82) is 0 Å². The van der Waals surface area contributed by atoms with Gasteiger partial charge in [-0.2, -0.15) is 13.2 Å². The predicted octanol–water partition coefficient (Wildman–Crippen LogP) is 3.04. The van der Waals surface area contributed by atoms with Crippen molar-refractivity contribution >= 4 is 12.4 Å². The van der Waals surface area contributed by atoms with E-state index in [0.29, 0.717) is 17.0 Å². The first-order chi connectivity index (χ1) is 8.50. The van der Waals surface area contributed by atoms with E-state index in [1.165, 1.54) is 18.5 Å². The monoisotopic (exact) mass is 289 g/mol. The number of rotatable bonds is 2. The third-order valence-corrected chi connectivity index (χ3v) is 2.41. The van der Waals surface area contributed by atoms with E-state index in [9.17, 15) is 13.2 Å². The molecule has 102 valence electrons. The van der Waals surface area contributed by atoms with Crippen LogP contribution >= 0.6 is 12.4 Å². The van der Waals surface area contributed by atoms with Gasteiger partial charge < -0.3 is 5.73 Å². The second-order valence-electron chi connectivity index (χ2n) is 3.67. The highest BCUT2D eigenvalue weighted by molar-refractivity contribution is 5.85. The zero-order chi connectivity index (χ0) is 13.2. The molecule has 2 aromatic rings. The van der Waals surface area contributed by atoms with Gasteiger partial charge in [0.25, 0.3) is 0 Å². The highest BCUT2D eigenvalue weighted by atomic mass is 35.5. The highest BCUT2D eigenvalue weighted by Gasteiger charge is 2.30. The molecule has 1 aromatic carbocycles. The number of nitrogens with two attached hydrogens (primary N) is 1. The third-order valence-electron chi connectivity index (χ3n) is 2.41. The van der Waals surface area contributed by atoms with Crippen LogP contribution in [0.3, 0.4) is 0 Å². The largest absolute Gasteiger partial charge is 0.416 e. The summed E-state index contributed by atoms with van der Waals surface area (Å²) in [5.74, 6) is 0.450. The Hall–Kier alpha value is -1.66. The summed E-state index contributed by atoms with van der Waals surface area (Å²) in [7, 11) is 0. The van der Waals surface area contributed by atoms with E-state index in [4.69, 9.17) is 5.73 Å². The highest BCUT2D eigenvalue weighted by Crippen LogP contribution is 2.31. The van der Waals surface area contributed by atoms with Crippen LogP contribution in [0.2, 0.25) is 0 Å². The van der Waals surface area contributed by atoms with Crippen LogP contribution in [-0.4, -0.2) is 9.97 Å². The molecule has 3 nitrogen and oxygen atoms in total. The van der Waals surface area contributed by atoms with Crippen LogP contribution < -0.4 is 5.73 Å². The van der Waals surface area contributed by atoms with Gasteiger partial charge in [-0.25, -0.2) is 9.97 Å². The molecule has 0 amide bonds. The van der Waals surface area contributed by atoms with Gasteiger partial charge in [0.1, 0.15) is 5.82 Å². The summed E-state index contributed by atoms with van der Waals surface area (Å²) in [6.07, 6.45) is -1.43. The van der Waals surface area contributed by atoms with Crippen molar-refractivity contribution in [2.75, 3.05) is 0 Å². The summed E-state index contributed by atoms with van der Waals surface area (Å²) in [6, 6.07) is 5.03. The van der Waals surface area contributed by atoms with E-state index >= 15 is 0 Å². The Bertz CT molecular complexity index is 541. The van der Waals surface area contributed by atoms with Gasteiger partial charge in [0, 0.05) is 18.0 Å². The molecule has 1 aromatic heterocycles. The van der Waals surface area contributed by atoms with Crippen molar-refractivity contribution in [3.8, 4) is 11.1 Å². The van der Waals surface area contributed by atoms with E-state index in [-0.39, 0.29) is 19.0 Å². The van der Waals surface area contributed by atoms with Crippen LogP contribution in [0.15, 0.2) is 36.7 Å². The number of alkyl halides is 3. The second kappa shape index (κ2) is 5.99. The summed E-state index contributed by atoms with van der Waals surface area (Å²) in [6.45, 7) is 0.197. The number of aromatic nitrogens is 2. The van der Waals surface area contributed by atoms with Crippen molar-refractivity contribution in [2.24, 2.45) is 5.73 Å². The van der Waals surface area contributed by atoms with Crippen LogP contribution in [-0.2, 0) is 12.7 Å². The molecule has 0 radical (unpaired) electrons. The number of nitrogens with zero attached hydrogens (tertiary/aromatic N) is 2. The summed E-state index contributed by atoms with van der Waals surface area (Å²) >= 11 is 0. The molecule has 0 spiro atoms. The minimum Gasteiger partial charge on any atom is -0.324 e. The van der Waals surface area contributed by atoms with Gasteiger partial charge in [-0.3, -0.25) is 0 Å². The predicted molar refractivity (Wildman–Crippen MR) is 67.6 cm³/mol. The average molecular weight is 290 g/mol. The maximum absolute atomic E-state index is 12.6. The van der Waals surface area contributed by atoms with Crippen LogP contribution in [0.5, 0.6) is 0 Å². The Morgan fingerprint density at radius 3 is 2.21 bits per heavy atom. The lowest BCUT2D eigenvalue weighted by atomic mass is 10.1. The summed E-state index contributed by atoms with van der Waals surface area (Å²) in [5.41, 5.74) is 5.60. The zero-order valence-corrected chi connectivity index (χ0v) is 10.5. The molecule has 0 atom stereocenters. The lowest BCUT2D eigenvalue weighted by molar-refractivity contribution is -0.137. The van der Waals surface area contributed by atoms with E-state index in [1.54, 1.807) is 6.07 Å². The Kier molecular flexibility index (Phi) is 4.85. The van der Waals surface area contributed by atoms with Crippen LogP contribution in [0, 0.1) is 0 Å². The number of halogens is 4. The fourth-order valence-electron chi connectivity index (χ4n) is 1.48. The third kappa shape index (κ3) is 3.65. The maximum Gasteiger partial charge on any atom is 0.416 e. The molecule has 2 rings (SSSR count). The number of hydrogen-bond acceptors (Lipinski definition) is 3. The van der Waals surface area contributed by atoms with Crippen molar-refractivity contribution < 1.29 is 13.2 Å². The molecule has 0 unspecified atom stereocenters. The molecular formula is C12H11ClF3N3. The molecule has 7 heteroatoms. The van der Waals surface area contributed by atoms with Crippen LogP contribution in [0.1, 0.15) is 11.4 Å². The van der Waals surface area contributed by atoms with Gasteiger partial charge in [-0.15, -0.1) is 12.4 Å². The molecule has 0 aliphatic heterocycles. The molecule has 0 saturated heterocycles. The van der Waals surface area contributed by atoms with Gasteiger partial charge >= 0.3 is 6.18 Å². The fourth-order valence-corrected chi connectivity index (χ4v) is 1.48. The molecule has 0 aliphatic carbocycles. The van der Waals surface area contributed by atoms with Gasteiger partial charge in [-0.05, 0) is 17.7 Å². The Morgan fingerprint density at radius 2 is 1.68 bits per heavy atom. The molecule has 0 bridgehead atoms. The van der Waals surface area contributed by atoms with Crippen molar-refractivity contribution in [3.05, 3.63) is 48.0 Å². The van der Waals surface area contributed by atoms with Crippen LogP contribution in [0.25, 0.3) is 11.1 Å². The number of hydrogen-bond donors (Lipinski definition) is 1. The molecule has 19 heavy (non-hydrogen) atoms. The van der Waals surface area contributed by atoms with E-state index in [0.717, 1.165) is 12.1 Å². The van der Waals surface area contributed by atoms with Crippen molar-refractivity contribution in [1.82, 2.24) is 9.97 Å². The van der Waals surface area contributed by atoms with Gasteiger partial charge in [0.15, 0.2) is 0 Å². The van der Waals surface area contributed by atoms with Crippen molar-refractivity contribution in [2.45, 2.75) is 12.7 Å². The first kappa shape index (κ1) is 15.4. The normalized spacial score (nSPS) is 10.9. The second-order valence-corrected chi connectivity index (χ2v) is 3.67. The quantitative estimate of drug-likeness (QED) is 0.924. The van der Waals surface area contributed by atoms with Crippen molar-refractivity contribution in [3.63, 3.8) is 0 Å². The zero-order valence-electron chi connectivity index (χ0n) is 9.69. The SMILES string of the molecule is Cl.NCc1ncc(-c2cccc(C(F)(F)F)c2)cn1. The molecule has 0 fully saturated rings. The molecule has 0 saturated carbocycles. The van der Waals surface area contributed by atoms with Gasteiger partial charge in [-0.1, -0.05) is 12.1 Å². The van der Waals surface area contributed by atoms with E-state index in [2.05, 4.69) is 9.97 Å². The summed E-state index contributed by atoms with van der Waals surface area (Å²) in [4.78, 5) is 7.90. The summed E-state index contributed by atoms with van der Waals surface area (Å²) in [5, 5.41) is 0. The van der Waals surface area contributed by atoms with E-state index in [1.807, 2.05) is 0 Å². The van der Waals surface area contributed by atoms with E-state index < -0.39 is 11.7 Å².